The highest BCUT2D eigenvalue weighted by Gasteiger charge is 2.50. The van der Waals surface area contributed by atoms with Crippen LogP contribution in [0.2, 0.25) is 0 Å². The number of hydrogen-bond donors (Lipinski definition) is 2. The van der Waals surface area contributed by atoms with Gasteiger partial charge in [-0.1, -0.05) is 6.07 Å². The lowest BCUT2D eigenvalue weighted by Crippen LogP contribution is -2.66. The van der Waals surface area contributed by atoms with Gasteiger partial charge < -0.3 is 20.1 Å². The number of hydrogen-bond acceptors (Lipinski definition) is 11. The third kappa shape index (κ3) is 4.90. The second-order valence-corrected chi connectivity index (χ2v) is 11.1. The second-order valence-electron chi connectivity index (χ2n) is 9.08. The third-order valence-electron chi connectivity index (χ3n) is 6.34. The van der Waals surface area contributed by atoms with E-state index in [-0.39, 0.29) is 10.7 Å². The molecule has 2 fully saturated rings. The molecule has 2 N–H and O–H groups in total. The molecule has 0 aromatic carbocycles. The summed E-state index contributed by atoms with van der Waals surface area (Å²) in [5.74, 6) is 2.01. The van der Waals surface area contributed by atoms with E-state index in [1.54, 1.807) is 6.07 Å². The Hall–Kier alpha value is -3.35. The summed E-state index contributed by atoms with van der Waals surface area (Å²) in [7, 11) is -2.10. The van der Waals surface area contributed by atoms with E-state index in [1.807, 2.05) is 12.3 Å². The molecule has 35 heavy (non-hydrogen) atoms. The first-order chi connectivity index (χ1) is 16.7. The molecular formula is C23H27N7O4S. The third-order valence-corrected chi connectivity index (χ3v) is 7.45. The summed E-state index contributed by atoms with van der Waals surface area (Å²) in [4.78, 5) is 19.6. The Morgan fingerprint density at radius 2 is 1.77 bits per heavy atom. The fourth-order valence-electron chi connectivity index (χ4n) is 4.26. The molecule has 0 radical (unpaired) electrons. The van der Waals surface area contributed by atoms with Crippen LogP contribution in [-0.2, 0) is 14.6 Å². The molecule has 12 heteroatoms. The van der Waals surface area contributed by atoms with Crippen LogP contribution in [0.25, 0.3) is 0 Å². The van der Waals surface area contributed by atoms with E-state index in [1.165, 1.54) is 25.7 Å². The van der Waals surface area contributed by atoms with Crippen molar-refractivity contribution in [2.24, 2.45) is 5.41 Å². The molecular weight excluding hydrogens is 470 g/mol. The molecule has 2 aliphatic heterocycles. The standard InChI is InChI=1S/C23H27N7O4S/c1-15(30-10-23(11-30)12-34-13-23)16-4-5-19(24-8-16)28-20-7-21(27-14-26-20)29-22-18(35(3,31)32)6-17(33-2)9-25-22/h4-9,14-15H,10-13H2,1-3H3,(H2,24,25,26,27,28,29)/t15-/m0/s1. The summed E-state index contributed by atoms with van der Waals surface area (Å²) in [6.07, 6.45) is 5.79. The zero-order valence-electron chi connectivity index (χ0n) is 19.7. The van der Waals surface area contributed by atoms with Gasteiger partial charge in [0.25, 0.3) is 0 Å². The summed E-state index contributed by atoms with van der Waals surface area (Å²) < 4.78 is 34.9. The van der Waals surface area contributed by atoms with Gasteiger partial charge in [-0.15, -0.1) is 0 Å². The SMILES string of the molecule is COc1cnc(Nc2cc(Nc3ccc([C@H](C)N4CC5(COC5)C4)cn3)ncn2)c(S(C)(=O)=O)c1. The zero-order chi connectivity index (χ0) is 24.6. The lowest BCUT2D eigenvalue weighted by atomic mass is 9.77. The van der Waals surface area contributed by atoms with Gasteiger partial charge in [0.2, 0.25) is 0 Å². The lowest BCUT2D eigenvalue weighted by Gasteiger charge is -2.57. The Morgan fingerprint density at radius 3 is 2.37 bits per heavy atom. The van der Waals surface area contributed by atoms with E-state index in [0.29, 0.717) is 34.7 Å². The van der Waals surface area contributed by atoms with Crippen LogP contribution < -0.4 is 15.4 Å². The minimum absolute atomic E-state index is 0.00861. The summed E-state index contributed by atoms with van der Waals surface area (Å²) >= 11 is 0. The number of rotatable bonds is 8. The maximum Gasteiger partial charge on any atom is 0.179 e. The Labute approximate surface area is 203 Å². The first-order valence-electron chi connectivity index (χ1n) is 11.1. The fourth-order valence-corrected chi connectivity index (χ4v) is 5.05. The van der Waals surface area contributed by atoms with Gasteiger partial charge in [0.1, 0.15) is 34.4 Å². The van der Waals surface area contributed by atoms with Crippen molar-refractivity contribution < 1.29 is 17.9 Å². The molecule has 0 saturated carbocycles. The van der Waals surface area contributed by atoms with Crippen molar-refractivity contribution in [3.63, 3.8) is 0 Å². The van der Waals surface area contributed by atoms with E-state index in [4.69, 9.17) is 9.47 Å². The van der Waals surface area contributed by atoms with Gasteiger partial charge in [0.15, 0.2) is 15.7 Å². The number of pyridine rings is 2. The lowest BCUT2D eigenvalue weighted by molar-refractivity contribution is -0.197. The topological polar surface area (TPSA) is 131 Å². The number of likely N-dealkylation sites (tertiary alicyclic amines) is 1. The fraction of sp³-hybridized carbons (Fsp3) is 0.391. The van der Waals surface area contributed by atoms with Crippen molar-refractivity contribution >= 4 is 33.1 Å². The van der Waals surface area contributed by atoms with Crippen molar-refractivity contribution in [1.29, 1.82) is 0 Å². The Morgan fingerprint density at radius 1 is 1.03 bits per heavy atom. The molecule has 3 aromatic rings. The number of sulfone groups is 1. The smallest absolute Gasteiger partial charge is 0.179 e. The number of aromatic nitrogens is 4. The Balaban J connectivity index is 1.26. The average molecular weight is 498 g/mol. The van der Waals surface area contributed by atoms with Gasteiger partial charge in [0.05, 0.1) is 26.5 Å². The van der Waals surface area contributed by atoms with Gasteiger partial charge in [-0.25, -0.2) is 28.4 Å². The monoisotopic (exact) mass is 497 g/mol. The van der Waals surface area contributed by atoms with Crippen LogP contribution >= 0.6 is 0 Å². The zero-order valence-corrected chi connectivity index (χ0v) is 20.5. The Kier molecular flexibility index (Phi) is 6.03. The average Bonchev–Trinajstić information content (AvgIpc) is 2.77. The predicted molar refractivity (Wildman–Crippen MR) is 130 cm³/mol. The second kappa shape index (κ2) is 9.02. The van der Waals surface area contributed by atoms with E-state index in [0.717, 1.165) is 38.1 Å². The first kappa shape index (κ1) is 23.4. The van der Waals surface area contributed by atoms with Crippen LogP contribution in [0.1, 0.15) is 18.5 Å². The molecule has 0 amide bonds. The molecule has 184 valence electrons. The van der Waals surface area contributed by atoms with Crippen molar-refractivity contribution in [3.05, 3.63) is 48.5 Å². The van der Waals surface area contributed by atoms with Crippen LogP contribution in [-0.4, -0.2) is 72.9 Å². The summed E-state index contributed by atoms with van der Waals surface area (Å²) in [5, 5.41) is 6.11. The highest BCUT2D eigenvalue weighted by Crippen LogP contribution is 2.41. The normalized spacial score (nSPS) is 17.8. The van der Waals surface area contributed by atoms with E-state index in [9.17, 15) is 8.42 Å². The first-order valence-corrected chi connectivity index (χ1v) is 13.0. The maximum atomic E-state index is 12.2. The van der Waals surface area contributed by atoms with Gasteiger partial charge >= 0.3 is 0 Å². The number of methoxy groups -OCH3 is 1. The highest BCUT2D eigenvalue weighted by atomic mass is 32.2. The summed E-state index contributed by atoms with van der Waals surface area (Å²) in [5.41, 5.74) is 1.53. The van der Waals surface area contributed by atoms with Crippen molar-refractivity contribution in [3.8, 4) is 5.75 Å². The molecule has 1 atom stereocenters. The molecule has 2 aliphatic rings. The van der Waals surface area contributed by atoms with Crippen LogP contribution in [0.15, 0.2) is 47.9 Å². The predicted octanol–water partition coefficient (Wildman–Crippen LogP) is 2.56. The molecule has 5 heterocycles. The molecule has 0 bridgehead atoms. The van der Waals surface area contributed by atoms with Gasteiger partial charge in [-0.2, -0.15) is 0 Å². The van der Waals surface area contributed by atoms with Crippen LogP contribution in [0.3, 0.4) is 0 Å². The molecule has 3 aromatic heterocycles. The quantitative estimate of drug-likeness (QED) is 0.476. The molecule has 1 spiro atoms. The maximum absolute atomic E-state index is 12.2. The number of ether oxygens (including phenoxy) is 2. The molecule has 0 aliphatic carbocycles. The molecule has 2 saturated heterocycles. The molecule has 5 rings (SSSR count). The van der Waals surface area contributed by atoms with Crippen LogP contribution in [0.4, 0.5) is 23.3 Å². The molecule has 0 unspecified atom stereocenters. The van der Waals surface area contributed by atoms with E-state index < -0.39 is 9.84 Å². The molecule has 11 nitrogen and oxygen atoms in total. The number of nitrogens with one attached hydrogen (secondary N) is 2. The van der Waals surface area contributed by atoms with E-state index in [2.05, 4.69) is 48.5 Å². The van der Waals surface area contributed by atoms with Crippen molar-refractivity contribution in [2.45, 2.75) is 17.9 Å². The highest BCUT2D eigenvalue weighted by molar-refractivity contribution is 7.90. The van der Waals surface area contributed by atoms with Gasteiger partial charge in [0, 0.05) is 49.1 Å². The van der Waals surface area contributed by atoms with Crippen LogP contribution in [0, 0.1) is 5.41 Å². The number of anilines is 4. The van der Waals surface area contributed by atoms with Crippen molar-refractivity contribution in [1.82, 2.24) is 24.8 Å². The van der Waals surface area contributed by atoms with Crippen LogP contribution in [0.5, 0.6) is 5.75 Å². The van der Waals surface area contributed by atoms with Crippen molar-refractivity contribution in [2.75, 3.05) is 50.3 Å². The van der Waals surface area contributed by atoms with Gasteiger partial charge in [-0.3, -0.25) is 4.90 Å². The van der Waals surface area contributed by atoms with Gasteiger partial charge in [-0.05, 0) is 18.6 Å². The minimum Gasteiger partial charge on any atom is -0.495 e. The van der Waals surface area contributed by atoms with E-state index >= 15 is 0 Å². The Bertz CT molecular complexity index is 1320. The minimum atomic E-state index is -3.55. The number of nitrogens with zero attached hydrogens (tertiary/aromatic N) is 5. The summed E-state index contributed by atoms with van der Waals surface area (Å²) in [6.45, 7) is 6.06. The largest absolute Gasteiger partial charge is 0.495 e. The summed E-state index contributed by atoms with van der Waals surface area (Å²) in [6, 6.07) is 7.32.